The largest absolute Gasteiger partial charge is 0.325 e. The third-order valence-corrected chi connectivity index (χ3v) is 2.96. The smallest absolute Gasteiger partial charge is 0.238 e. The minimum atomic E-state index is -0.348. The number of rotatable bonds is 8. The maximum absolute atomic E-state index is 12.9. The first-order chi connectivity index (χ1) is 9.11. The van der Waals surface area contributed by atoms with E-state index in [1.165, 1.54) is 31.4 Å². The van der Waals surface area contributed by atoms with Gasteiger partial charge >= 0.3 is 0 Å². The lowest BCUT2D eigenvalue weighted by molar-refractivity contribution is -0.115. The van der Waals surface area contributed by atoms with Gasteiger partial charge in [-0.3, -0.25) is 4.79 Å². The second kappa shape index (κ2) is 8.64. The van der Waals surface area contributed by atoms with Gasteiger partial charge in [0.25, 0.3) is 0 Å². The summed E-state index contributed by atoms with van der Waals surface area (Å²) in [6.07, 6.45) is 4.67. The SMILES string of the molecule is CCCCCC(C)NCC(=O)Nc1cccc(F)c1. The molecule has 0 aliphatic rings. The number of amides is 1. The van der Waals surface area contributed by atoms with Gasteiger partial charge in [0.05, 0.1) is 6.54 Å². The molecule has 1 aromatic rings. The summed E-state index contributed by atoms with van der Waals surface area (Å²) in [6, 6.07) is 6.23. The predicted molar refractivity (Wildman–Crippen MR) is 76.6 cm³/mol. The van der Waals surface area contributed by atoms with Gasteiger partial charge < -0.3 is 10.6 Å². The number of benzene rings is 1. The highest BCUT2D eigenvalue weighted by atomic mass is 19.1. The average Bonchev–Trinajstić information content (AvgIpc) is 2.37. The standard InChI is InChI=1S/C15H23FN2O/c1-3-4-5-7-12(2)17-11-15(19)18-14-9-6-8-13(16)10-14/h6,8-10,12,17H,3-5,7,11H2,1-2H3,(H,18,19). The highest BCUT2D eigenvalue weighted by molar-refractivity contribution is 5.92. The fourth-order valence-corrected chi connectivity index (χ4v) is 1.84. The maximum atomic E-state index is 12.9. The van der Waals surface area contributed by atoms with Crippen LogP contribution < -0.4 is 10.6 Å². The van der Waals surface area contributed by atoms with Crippen molar-refractivity contribution in [3.63, 3.8) is 0 Å². The molecule has 1 rings (SSSR count). The van der Waals surface area contributed by atoms with Crippen molar-refractivity contribution in [2.24, 2.45) is 0 Å². The fraction of sp³-hybridized carbons (Fsp3) is 0.533. The Labute approximate surface area is 114 Å². The number of anilines is 1. The second-order valence-corrected chi connectivity index (χ2v) is 4.84. The van der Waals surface area contributed by atoms with E-state index in [1.54, 1.807) is 12.1 Å². The number of hydrogen-bond acceptors (Lipinski definition) is 2. The van der Waals surface area contributed by atoms with Crippen LogP contribution in [0.1, 0.15) is 39.5 Å². The normalized spacial score (nSPS) is 12.2. The van der Waals surface area contributed by atoms with Crippen LogP contribution in [0.15, 0.2) is 24.3 Å². The van der Waals surface area contributed by atoms with E-state index in [2.05, 4.69) is 24.5 Å². The van der Waals surface area contributed by atoms with Crippen molar-refractivity contribution in [2.75, 3.05) is 11.9 Å². The molecule has 106 valence electrons. The van der Waals surface area contributed by atoms with Crippen molar-refractivity contribution in [1.29, 1.82) is 0 Å². The van der Waals surface area contributed by atoms with Crippen molar-refractivity contribution in [1.82, 2.24) is 5.32 Å². The van der Waals surface area contributed by atoms with E-state index in [1.807, 2.05) is 0 Å². The van der Waals surface area contributed by atoms with Crippen LogP contribution in [0.3, 0.4) is 0 Å². The van der Waals surface area contributed by atoms with Crippen molar-refractivity contribution < 1.29 is 9.18 Å². The van der Waals surface area contributed by atoms with E-state index in [0.29, 0.717) is 11.7 Å². The number of carbonyl (C=O) groups is 1. The lowest BCUT2D eigenvalue weighted by atomic mass is 10.1. The Morgan fingerprint density at radius 1 is 1.37 bits per heavy atom. The van der Waals surface area contributed by atoms with Crippen LogP contribution in [0.5, 0.6) is 0 Å². The molecule has 0 bridgehead atoms. The summed E-state index contributed by atoms with van der Waals surface area (Å²) in [7, 11) is 0. The molecule has 0 fully saturated rings. The summed E-state index contributed by atoms with van der Waals surface area (Å²) in [5, 5.41) is 5.83. The molecule has 0 aromatic heterocycles. The second-order valence-electron chi connectivity index (χ2n) is 4.84. The Balaban J connectivity index is 2.24. The first-order valence-corrected chi connectivity index (χ1v) is 6.90. The van der Waals surface area contributed by atoms with E-state index in [9.17, 15) is 9.18 Å². The molecule has 0 radical (unpaired) electrons. The molecule has 1 unspecified atom stereocenters. The molecule has 1 amide bonds. The van der Waals surface area contributed by atoms with Crippen LogP contribution >= 0.6 is 0 Å². The lowest BCUT2D eigenvalue weighted by Crippen LogP contribution is -2.34. The van der Waals surface area contributed by atoms with Crippen LogP contribution in [0.2, 0.25) is 0 Å². The minimum absolute atomic E-state index is 0.145. The molecule has 0 spiro atoms. The molecular formula is C15H23FN2O. The molecule has 2 N–H and O–H groups in total. The van der Waals surface area contributed by atoms with E-state index >= 15 is 0 Å². The minimum Gasteiger partial charge on any atom is -0.325 e. The highest BCUT2D eigenvalue weighted by Gasteiger charge is 2.06. The maximum Gasteiger partial charge on any atom is 0.238 e. The Morgan fingerprint density at radius 2 is 2.16 bits per heavy atom. The van der Waals surface area contributed by atoms with Gasteiger partial charge in [-0.2, -0.15) is 0 Å². The van der Waals surface area contributed by atoms with Crippen molar-refractivity contribution in [2.45, 2.75) is 45.6 Å². The van der Waals surface area contributed by atoms with Crippen LogP contribution in [-0.2, 0) is 4.79 Å². The number of hydrogen-bond donors (Lipinski definition) is 2. The van der Waals surface area contributed by atoms with E-state index in [4.69, 9.17) is 0 Å². The third-order valence-electron chi connectivity index (χ3n) is 2.96. The van der Waals surface area contributed by atoms with Gasteiger partial charge in [0.2, 0.25) is 5.91 Å². The summed E-state index contributed by atoms with van der Waals surface area (Å²) in [4.78, 5) is 11.7. The molecule has 0 aliphatic heterocycles. The Morgan fingerprint density at radius 3 is 2.84 bits per heavy atom. The van der Waals surface area contributed by atoms with Gasteiger partial charge in [0.1, 0.15) is 5.82 Å². The van der Waals surface area contributed by atoms with Gasteiger partial charge in [0, 0.05) is 11.7 Å². The highest BCUT2D eigenvalue weighted by Crippen LogP contribution is 2.08. The van der Waals surface area contributed by atoms with E-state index in [-0.39, 0.29) is 18.3 Å². The quantitative estimate of drug-likeness (QED) is 0.709. The third kappa shape index (κ3) is 6.91. The Bertz CT molecular complexity index is 395. The number of unbranched alkanes of at least 4 members (excludes halogenated alkanes) is 2. The molecule has 3 nitrogen and oxygen atoms in total. The van der Waals surface area contributed by atoms with E-state index in [0.717, 1.165) is 6.42 Å². The molecule has 1 atom stereocenters. The van der Waals surface area contributed by atoms with Crippen LogP contribution in [-0.4, -0.2) is 18.5 Å². The van der Waals surface area contributed by atoms with Gasteiger partial charge in [-0.25, -0.2) is 4.39 Å². The van der Waals surface area contributed by atoms with Crippen LogP contribution in [0.25, 0.3) is 0 Å². The predicted octanol–water partition coefficient (Wildman–Crippen LogP) is 3.32. The first-order valence-electron chi connectivity index (χ1n) is 6.90. The van der Waals surface area contributed by atoms with Gasteiger partial charge in [0.15, 0.2) is 0 Å². The van der Waals surface area contributed by atoms with Crippen LogP contribution in [0.4, 0.5) is 10.1 Å². The zero-order valence-corrected chi connectivity index (χ0v) is 11.7. The molecule has 1 aromatic carbocycles. The monoisotopic (exact) mass is 266 g/mol. The number of carbonyl (C=O) groups excluding carboxylic acids is 1. The van der Waals surface area contributed by atoms with Gasteiger partial charge in [-0.1, -0.05) is 32.3 Å². The lowest BCUT2D eigenvalue weighted by Gasteiger charge is -2.13. The number of halogens is 1. The van der Waals surface area contributed by atoms with Gasteiger partial charge in [-0.15, -0.1) is 0 Å². The Hall–Kier alpha value is -1.42. The first kappa shape index (κ1) is 15.6. The summed E-state index contributed by atoms with van der Waals surface area (Å²) in [6.45, 7) is 4.50. The number of nitrogens with one attached hydrogen (secondary N) is 2. The van der Waals surface area contributed by atoms with Gasteiger partial charge in [-0.05, 0) is 31.5 Å². The van der Waals surface area contributed by atoms with Crippen molar-refractivity contribution >= 4 is 11.6 Å². The molecule has 0 aliphatic carbocycles. The summed E-state index contributed by atoms with van der Waals surface area (Å²) >= 11 is 0. The van der Waals surface area contributed by atoms with E-state index < -0.39 is 0 Å². The topological polar surface area (TPSA) is 41.1 Å². The molecule has 0 saturated carbocycles. The molecule has 19 heavy (non-hydrogen) atoms. The summed E-state index contributed by atoms with van der Waals surface area (Å²) in [5.74, 6) is -0.494. The molecule has 0 saturated heterocycles. The zero-order chi connectivity index (χ0) is 14.1. The van der Waals surface area contributed by atoms with Crippen molar-refractivity contribution in [3.8, 4) is 0 Å². The Kier molecular flexibility index (Phi) is 7.11. The average molecular weight is 266 g/mol. The zero-order valence-electron chi connectivity index (χ0n) is 11.7. The van der Waals surface area contributed by atoms with Crippen LogP contribution in [0, 0.1) is 5.82 Å². The fourth-order valence-electron chi connectivity index (χ4n) is 1.84. The summed E-state index contributed by atoms with van der Waals surface area (Å²) < 4.78 is 12.9. The molecule has 4 heteroatoms. The van der Waals surface area contributed by atoms with Crippen molar-refractivity contribution in [3.05, 3.63) is 30.1 Å². The molecular weight excluding hydrogens is 243 g/mol. The molecule has 0 heterocycles. The summed E-state index contributed by atoms with van der Waals surface area (Å²) in [5.41, 5.74) is 0.491.